The molecule has 0 aliphatic carbocycles. The molecule has 0 radical (unpaired) electrons. The highest BCUT2D eigenvalue weighted by molar-refractivity contribution is 8.12. The van der Waals surface area contributed by atoms with E-state index in [1.807, 2.05) is 0 Å². The Labute approximate surface area is 134 Å². The average Bonchev–Trinajstić information content (AvgIpc) is 2.31. The molecule has 1 atom stereocenters. The first kappa shape index (κ1) is 21.9. The molecule has 0 heterocycles. The third-order valence-electron chi connectivity index (χ3n) is 3.07. The summed E-state index contributed by atoms with van der Waals surface area (Å²) in [5.74, 6) is -3.98. The second kappa shape index (κ2) is 6.08. The molecule has 136 valence electrons. The van der Waals surface area contributed by atoms with Crippen LogP contribution in [0.1, 0.15) is 34.6 Å². The van der Waals surface area contributed by atoms with Gasteiger partial charge in [-0.05, 0) is 19.3 Å². The number of alkyl halides is 2. The zero-order valence-corrected chi connectivity index (χ0v) is 15.3. The molecule has 7 nitrogen and oxygen atoms in total. The summed E-state index contributed by atoms with van der Waals surface area (Å²) in [5, 5.41) is -5.19. The molecule has 0 aromatic rings. The fourth-order valence-corrected chi connectivity index (χ4v) is 4.95. The summed E-state index contributed by atoms with van der Waals surface area (Å²) in [5.41, 5.74) is -0.726. The van der Waals surface area contributed by atoms with Gasteiger partial charge in [0.25, 0.3) is 9.84 Å². The predicted molar refractivity (Wildman–Crippen MR) is 78.2 cm³/mol. The molecule has 11 heteroatoms. The molecule has 1 unspecified atom stereocenters. The molecule has 0 amide bonds. The first-order valence-electron chi connectivity index (χ1n) is 6.32. The van der Waals surface area contributed by atoms with Crippen LogP contribution in [0.4, 0.5) is 8.78 Å². The first-order chi connectivity index (χ1) is 9.82. The molecular weight excluding hydrogens is 358 g/mol. The minimum absolute atomic E-state index is 0.322. The van der Waals surface area contributed by atoms with Crippen molar-refractivity contribution in [2.45, 2.75) is 44.0 Å². The van der Waals surface area contributed by atoms with E-state index in [1.165, 1.54) is 0 Å². The van der Waals surface area contributed by atoms with Gasteiger partial charge in [0.15, 0.2) is 15.6 Å². The Bertz CT molecular complexity index is 702. The second-order valence-electron chi connectivity index (χ2n) is 6.43. The molecule has 0 saturated carbocycles. The Hall–Kier alpha value is -1.10. The monoisotopic (exact) mass is 378 g/mol. The number of hydrogen-bond acceptors (Lipinski definition) is 7. The molecule has 0 aromatic heterocycles. The van der Waals surface area contributed by atoms with Crippen molar-refractivity contribution in [3.63, 3.8) is 0 Å². The van der Waals surface area contributed by atoms with E-state index in [4.69, 9.17) is 0 Å². The molecular formula is C12H20F2O7S2. The van der Waals surface area contributed by atoms with Gasteiger partial charge in [-0.15, -0.1) is 0 Å². The number of hydrogen-bond donors (Lipinski definition) is 0. The van der Waals surface area contributed by atoms with Crippen LogP contribution >= 0.6 is 0 Å². The highest BCUT2D eigenvalue weighted by Crippen LogP contribution is 2.38. The molecule has 23 heavy (non-hydrogen) atoms. The van der Waals surface area contributed by atoms with Gasteiger partial charge in [0.05, 0.1) is 6.61 Å². The molecule has 0 rings (SSSR count). The van der Waals surface area contributed by atoms with Gasteiger partial charge in [0, 0.05) is 6.26 Å². The van der Waals surface area contributed by atoms with Gasteiger partial charge in [-0.2, -0.15) is 8.78 Å². The van der Waals surface area contributed by atoms with Crippen LogP contribution in [0.15, 0.2) is 0 Å². The number of ether oxygens (including phenoxy) is 1. The summed E-state index contributed by atoms with van der Waals surface area (Å²) in [6.07, 6.45) is 0.322. The summed E-state index contributed by atoms with van der Waals surface area (Å²) in [4.78, 5) is 23.0. The van der Waals surface area contributed by atoms with Gasteiger partial charge < -0.3 is 4.74 Å². The smallest absolute Gasteiger partial charge is 0.441 e. The van der Waals surface area contributed by atoms with Crippen LogP contribution in [0.25, 0.3) is 0 Å². The van der Waals surface area contributed by atoms with Crippen LogP contribution in [-0.2, 0) is 34.0 Å². The number of esters is 1. The lowest BCUT2D eigenvalue weighted by Gasteiger charge is -2.28. The van der Waals surface area contributed by atoms with Crippen LogP contribution in [0.3, 0.4) is 0 Å². The van der Waals surface area contributed by atoms with E-state index in [9.17, 15) is 35.2 Å². The molecule has 0 aliphatic rings. The third-order valence-corrected chi connectivity index (χ3v) is 8.50. The molecule has 0 bridgehead atoms. The molecule has 0 spiro atoms. The number of carbonyl (C=O) groups is 2. The largest absolute Gasteiger partial charge is 0.460 e. The van der Waals surface area contributed by atoms with E-state index in [2.05, 4.69) is 4.74 Å². The molecule has 0 aliphatic heterocycles. The van der Waals surface area contributed by atoms with Crippen molar-refractivity contribution in [2.75, 3.05) is 12.9 Å². The van der Waals surface area contributed by atoms with Crippen molar-refractivity contribution >= 4 is 31.4 Å². The lowest BCUT2D eigenvalue weighted by atomic mass is 9.99. The third kappa shape index (κ3) is 3.87. The summed E-state index contributed by atoms with van der Waals surface area (Å²) in [6.45, 7) is 4.97. The van der Waals surface area contributed by atoms with E-state index >= 15 is 0 Å². The van der Waals surface area contributed by atoms with Crippen LogP contribution in [0, 0.1) is 5.41 Å². The highest BCUT2D eigenvalue weighted by Gasteiger charge is 2.68. The summed E-state index contributed by atoms with van der Waals surface area (Å²) >= 11 is 0. The Morgan fingerprint density at radius 1 is 1.00 bits per heavy atom. The maximum Gasteiger partial charge on any atom is 0.441 e. The first-order valence-corrected chi connectivity index (χ1v) is 9.69. The lowest BCUT2D eigenvalue weighted by Crippen LogP contribution is -2.58. The van der Waals surface area contributed by atoms with Gasteiger partial charge in [0.2, 0.25) is 4.08 Å². The Morgan fingerprint density at radius 2 is 1.39 bits per heavy atom. The highest BCUT2D eigenvalue weighted by atomic mass is 32.3. The fraction of sp³-hybridized carbons (Fsp3) is 0.833. The second-order valence-corrected chi connectivity index (χ2v) is 11.4. The van der Waals surface area contributed by atoms with Crippen molar-refractivity contribution in [3.8, 4) is 0 Å². The molecule has 0 fully saturated rings. The van der Waals surface area contributed by atoms with Crippen LogP contribution in [0.5, 0.6) is 0 Å². The van der Waals surface area contributed by atoms with Crippen molar-refractivity contribution < 1.29 is 39.9 Å². The zero-order valence-electron chi connectivity index (χ0n) is 13.6. The normalized spacial score (nSPS) is 16.5. The minimum Gasteiger partial charge on any atom is -0.460 e. The average molecular weight is 378 g/mol. The zero-order chi connectivity index (χ0) is 19.1. The van der Waals surface area contributed by atoms with E-state index in [0.29, 0.717) is 20.1 Å². The van der Waals surface area contributed by atoms with Gasteiger partial charge in [0.1, 0.15) is 0 Å². The number of ketones is 1. The quantitative estimate of drug-likeness (QED) is 0.632. The summed E-state index contributed by atoms with van der Waals surface area (Å²) < 4.78 is 76.4. The van der Waals surface area contributed by atoms with Crippen LogP contribution < -0.4 is 0 Å². The number of sulfone groups is 2. The topological polar surface area (TPSA) is 112 Å². The molecule has 0 saturated heterocycles. The molecule has 0 aromatic carbocycles. The van der Waals surface area contributed by atoms with Gasteiger partial charge in [-0.1, -0.05) is 20.8 Å². The van der Waals surface area contributed by atoms with Crippen LogP contribution in [0.2, 0.25) is 0 Å². The van der Waals surface area contributed by atoms with E-state index < -0.39 is 52.8 Å². The van der Waals surface area contributed by atoms with Crippen molar-refractivity contribution in [1.29, 1.82) is 0 Å². The van der Waals surface area contributed by atoms with Gasteiger partial charge in [-0.3, -0.25) is 4.79 Å². The SMILES string of the molecule is CC(=O)C(C)(S(C)(=O)=O)S(=O)(=O)C(F)(F)C(=O)OCC(C)(C)C. The van der Waals surface area contributed by atoms with E-state index in [0.717, 1.165) is 0 Å². The number of halogens is 2. The van der Waals surface area contributed by atoms with Crippen molar-refractivity contribution in [3.05, 3.63) is 0 Å². The Morgan fingerprint density at radius 3 is 1.65 bits per heavy atom. The van der Waals surface area contributed by atoms with Crippen molar-refractivity contribution in [1.82, 2.24) is 0 Å². The van der Waals surface area contributed by atoms with Crippen LogP contribution in [-0.4, -0.2) is 50.8 Å². The van der Waals surface area contributed by atoms with Crippen molar-refractivity contribution in [2.24, 2.45) is 5.41 Å². The standard InChI is InChI=1S/C12H20F2O7S2/c1-8(15)11(5,22(6,17)18)23(19,20)12(13,14)9(16)21-7-10(2,3)4/h7H2,1-6H3. The van der Waals surface area contributed by atoms with E-state index in [-0.39, 0.29) is 0 Å². The lowest BCUT2D eigenvalue weighted by molar-refractivity contribution is -0.163. The number of rotatable bonds is 6. The summed E-state index contributed by atoms with van der Waals surface area (Å²) in [6, 6.07) is 0. The number of carbonyl (C=O) groups excluding carboxylic acids is 2. The molecule has 0 N–H and O–H groups in total. The maximum atomic E-state index is 14.1. The minimum atomic E-state index is -6.07. The Kier molecular flexibility index (Phi) is 5.79. The summed E-state index contributed by atoms with van der Waals surface area (Å²) in [7, 11) is -10.9. The maximum absolute atomic E-state index is 14.1. The fourth-order valence-electron chi connectivity index (χ4n) is 1.37. The number of Topliss-reactive ketones (excluding diaryl/α,β-unsaturated/α-hetero) is 1. The van der Waals surface area contributed by atoms with Gasteiger partial charge in [-0.25, -0.2) is 21.6 Å². The van der Waals surface area contributed by atoms with Gasteiger partial charge >= 0.3 is 11.2 Å². The predicted octanol–water partition coefficient (Wildman–Crippen LogP) is 0.933. The van der Waals surface area contributed by atoms with E-state index in [1.54, 1.807) is 20.8 Å². The Balaban J connectivity index is 6.08.